The Balaban J connectivity index is 1.94. The number of benzene rings is 1. The van der Waals surface area contributed by atoms with E-state index in [0.717, 1.165) is 30.5 Å². The molecule has 2 rings (SSSR count). The Morgan fingerprint density at radius 3 is 2.94 bits per heavy atom. The van der Waals surface area contributed by atoms with Gasteiger partial charge in [-0.25, -0.2) is 4.98 Å². The van der Waals surface area contributed by atoms with Crippen molar-refractivity contribution in [3.05, 3.63) is 41.2 Å². The normalized spacial score (nSPS) is 10.6. The molecule has 96 valence electrons. The standard InChI is InChI=1S/C13H18N4S/c1-10-4-3-5-11(8-10)9-12-16-13(18-17-12)15-7-6-14-2/h3-5,8,14H,6-7,9H2,1-2H3,(H,15,16,17). The van der Waals surface area contributed by atoms with Crippen LogP contribution in [0, 0.1) is 6.92 Å². The summed E-state index contributed by atoms with van der Waals surface area (Å²) in [6, 6.07) is 8.46. The van der Waals surface area contributed by atoms with Crippen LogP contribution >= 0.6 is 11.5 Å². The molecule has 0 spiro atoms. The molecular formula is C13H18N4S. The van der Waals surface area contributed by atoms with Crippen molar-refractivity contribution in [1.29, 1.82) is 0 Å². The molecule has 0 amide bonds. The van der Waals surface area contributed by atoms with E-state index in [2.05, 4.69) is 51.2 Å². The van der Waals surface area contributed by atoms with Gasteiger partial charge < -0.3 is 10.6 Å². The van der Waals surface area contributed by atoms with Gasteiger partial charge in [-0.05, 0) is 19.5 Å². The number of aromatic nitrogens is 2. The minimum atomic E-state index is 0.798. The van der Waals surface area contributed by atoms with Gasteiger partial charge in [-0.2, -0.15) is 4.37 Å². The van der Waals surface area contributed by atoms with Crippen molar-refractivity contribution < 1.29 is 0 Å². The number of likely N-dealkylation sites (N-methyl/N-ethyl adjacent to an activating group) is 1. The Morgan fingerprint density at radius 1 is 1.28 bits per heavy atom. The van der Waals surface area contributed by atoms with E-state index < -0.39 is 0 Å². The van der Waals surface area contributed by atoms with Crippen LogP contribution in [0.2, 0.25) is 0 Å². The molecule has 0 radical (unpaired) electrons. The lowest BCUT2D eigenvalue weighted by Crippen LogP contribution is -2.17. The quantitative estimate of drug-likeness (QED) is 0.783. The van der Waals surface area contributed by atoms with Crippen LogP contribution in [-0.2, 0) is 6.42 Å². The predicted octanol–water partition coefficient (Wildman–Crippen LogP) is 2.07. The highest BCUT2D eigenvalue weighted by molar-refractivity contribution is 7.09. The van der Waals surface area contributed by atoms with E-state index in [9.17, 15) is 0 Å². The van der Waals surface area contributed by atoms with Crippen LogP contribution in [-0.4, -0.2) is 29.5 Å². The van der Waals surface area contributed by atoms with E-state index >= 15 is 0 Å². The maximum Gasteiger partial charge on any atom is 0.202 e. The second-order valence-corrected chi connectivity index (χ2v) is 4.96. The lowest BCUT2D eigenvalue weighted by atomic mass is 10.1. The van der Waals surface area contributed by atoms with Crippen molar-refractivity contribution in [2.75, 3.05) is 25.5 Å². The van der Waals surface area contributed by atoms with Gasteiger partial charge in [0.15, 0.2) is 0 Å². The fraction of sp³-hybridized carbons (Fsp3) is 0.385. The second-order valence-electron chi connectivity index (χ2n) is 4.21. The summed E-state index contributed by atoms with van der Waals surface area (Å²) >= 11 is 1.42. The zero-order chi connectivity index (χ0) is 12.8. The van der Waals surface area contributed by atoms with Gasteiger partial charge in [0.25, 0.3) is 0 Å². The molecule has 0 fully saturated rings. The summed E-state index contributed by atoms with van der Waals surface area (Å²) < 4.78 is 4.37. The molecule has 18 heavy (non-hydrogen) atoms. The van der Waals surface area contributed by atoms with Crippen molar-refractivity contribution in [3.63, 3.8) is 0 Å². The summed E-state index contributed by atoms with van der Waals surface area (Å²) in [6.07, 6.45) is 0.798. The Morgan fingerprint density at radius 2 is 2.17 bits per heavy atom. The summed E-state index contributed by atoms with van der Waals surface area (Å²) in [5.41, 5.74) is 2.53. The third kappa shape index (κ3) is 3.78. The molecule has 0 aliphatic heterocycles. The summed E-state index contributed by atoms with van der Waals surface area (Å²) in [6.45, 7) is 3.89. The first kappa shape index (κ1) is 13.0. The van der Waals surface area contributed by atoms with Gasteiger partial charge in [0.2, 0.25) is 5.13 Å². The number of rotatable bonds is 6. The summed E-state index contributed by atoms with van der Waals surface area (Å²) in [5.74, 6) is 0.887. The van der Waals surface area contributed by atoms with Crippen molar-refractivity contribution in [1.82, 2.24) is 14.7 Å². The smallest absolute Gasteiger partial charge is 0.202 e. The van der Waals surface area contributed by atoms with Gasteiger partial charge in [-0.3, -0.25) is 0 Å². The Labute approximate surface area is 112 Å². The van der Waals surface area contributed by atoms with Crippen LogP contribution in [0.25, 0.3) is 0 Å². The summed E-state index contributed by atoms with van der Waals surface area (Å²) in [5, 5.41) is 7.23. The Hall–Kier alpha value is -1.46. The van der Waals surface area contributed by atoms with Gasteiger partial charge in [0.05, 0.1) is 0 Å². The topological polar surface area (TPSA) is 49.8 Å². The molecule has 1 aromatic heterocycles. The average Bonchev–Trinajstić information content (AvgIpc) is 2.77. The molecule has 0 unspecified atom stereocenters. The molecule has 2 aromatic rings. The lowest BCUT2D eigenvalue weighted by Gasteiger charge is -2.00. The van der Waals surface area contributed by atoms with Gasteiger partial charge in [-0.15, -0.1) is 0 Å². The largest absolute Gasteiger partial charge is 0.359 e. The average molecular weight is 262 g/mol. The lowest BCUT2D eigenvalue weighted by molar-refractivity contribution is 0.822. The van der Waals surface area contributed by atoms with Crippen LogP contribution in [0.3, 0.4) is 0 Å². The van der Waals surface area contributed by atoms with E-state index in [0.29, 0.717) is 0 Å². The van der Waals surface area contributed by atoms with Crippen LogP contribution in [0.4, 0.5) is 5.13 Å². The Kier molecular flexibility index (Phi) is 4.66. The number of hydrogen-bond donors (Lipinski definition) is 2. The number of aryl methyl sites for hydroxylation is 1. The summed E-state index contributed by atoms with van der Waals surface area (Å²) in [4.78, 5) is 4.48. The third-order valence-corrected chi connectivity index (χ3v) is 3.27. The van der Waals surface area contributed by atoms with Crippen molar-refractivity contribution in [3.8, 4) is 0 Å². The monoisotopic (exact) mass is 262 g/mol. The highest BCUT2D eigenvalue weighted by atomic mass is 32.1. The molecule has 0 atom stereocenters. The molecule has 1 aromatic carbocycles. The molecule has 4 nitrogen and oxygen atoms in total. The highest BCUT2D eigenvalue weighted by Gasteiger charge is 2.04. The Bertz CT molecular complexity index is 495. The van der Waals surface area contributed by atoms with Crippen LogP contribution < -0.4 is 10.6 Å². The van der Waals surface area contributed by atoms with E-state index in [1.807, 2.05) is 7.05 Å². The summed E-state index contributed by atoms with van der Waals surface area (Å²) in [7, 11) is 1.94. The minimum absolute atomic E-state index is 0.798. The fourth-order valence-electron chi connectivity index (χ4n) is 1.70. The molecule has 5 heteroatoms. The SMILES string of the molecule is CNCCNc1nc(Cc2cccc(C)c2)ns1. The number of hydrogen-bond acceptors (Lipinski definition) is 5. The first-order valence-corrected chi connectivity index (χ1v) is 6.82. The zero-order valence-electron chi connectivity index (χ0n) is 10.7. The van der Waals surface area contributed by atoms with Gasteiger partial charge in [0, 0.05) is 31.0 Å². The maximum atomic E-state index is 4.48. The molecule has 0 aliphatic rings. The molecule has 2 N–H and O–H groups in total. The molecule has 0 saturated carbocycles. The van der Waals surface area contributed by atoms with Crippen molar-refractivity contribution in [2.24, 2.45) is 0 Å². The first-order chi connectivity index (χ1) is 8.78. The van der Waals surface area contributed by atoms with E-state index in [1.54, 1.807) is 0 Å². The van der Waals surface area contributed by atoms with Crippen LogP contribution in [0.1, 0.15) is 17.0 Å². The molecular weight excluding hydrogens is 244 g/mol. The van der Waals surface area contributed by atoms with Gasteiger partial charge >= 0.3 is 0 Å². The highest BCUT2D eigenvalue weighted by Crippen LogP contribution is 2.14. The van der Waals surface area contributed by atoms with Gasteiger partial charge in [-0.1, -0.05) is 29.8 Å². The van der Waals surface area contributed by atoms with Crippen LogP contribution in [0.15, 0.2) is 24.3 Å². The van der Waals surface area contributed by atoms with Gasteiger partial charge in [0.1, 0.15) is 5.82 Å². The third-order valence-electron chi connectivity index (χ3n) is 2.56. The van der Waals surface area contributed by atoms with E-state index in [4.69, 9.17) is 0 Å². The molecule has 0 saturated heterocycles. The van der Waals surface area contributed by atoms with Crippen molar-refractivity contribution in [2.45, 2.75) is 13.3 Å². The van der Waals surface area contributed by atoms with E-state index in [1.165, 1.54) is 22.7 Å². The number of nitrogens with one attached hydrogen (secondary N) is 2. The predicted molar refractivity (Wildman–Crippen MR) is 76.3 cm³/mol. The number of nitrogens with zero attached hydrogens (tertiary/aromatic N) is 2. The maximum absolute atomic E-state index is 4.48. The minimum Gasteiger partial charge on any atom is -0.359 e. The first-order valence-electron chi connectivity index (χ1n) is 6.04. The number of anilines is 1. The molecule has 1 heterocycles. The van der Waals surface area contributed by atoms with E-state index in [-0.39, 0.29) is 0 Å². The zero-order valence-corrected chi connectivity index (χ0v) is 11.5. The fourth-order valence-corrected chi connectivity index (χ4v) is 2.31. The van der Waals surface area contributed by atoms with Crippen molar-refractivity contribution >= 4 is 16.7 Å². The molecule has 0 aliphatic carbocycles. The van der Waals surface area contributed by atoms with Crippen LogP contribution in [0.5, 0.6) is 0 Å². The second kappa shape index (κ2) is 6.47. The molecule has 0 bridgehead atoms.